The van der Waals surface area contributed by atoms with Gasteiger partial charge in [-0.25, -0.2) is 14.7 Å². The lowest BCUT2D eigenvalue weighted by Gasteiger charge is -2.37. The first-order chi connectivity index (χ1) is 15.5. The molecule has 1 aromatic rings. The van der Waals surface area contributed by atoms with E-state index in [-0.39, 0.29) is 30.2 Å². The van der Waals surface area contributed by atoms with Crippen molar-refractivity contribution in [2.75, 3.05) is 26.4 Å². The molecule has 1 aliphatic heterocycles. The van der Waals surface area contributed by atoms with Gasteiger partial charge in [-0.15, -0.1) is 13.2 Å². The molecule has 33 heavy (non-hydrogen) atoms. The number of likely N-dealkylation sites (tertiary alicyclic amines) is 1. The molecule has 3 amide bonds. The van der Waals surface area contributed by atoms with Gasteiger partial charge >= 0.3 is 12.5 Å². The summed E-state index contributed by atoms with van der Waals surface area (Å²) in [5, 5.41) is 11.8. The van der Waals surface area contributed by atoms with Crippen molar-refractivity contribution in [1.82, 2.24) is 15.7 Å². The molecule has 1 aromatic carbocycles. The highest BCUT2D eigenvalue weighted by Crippen LogP contribution is 2.21. The van der Waals surface area contributed by atoms with E-state index in [2.05, 4.69) is 14.9 Å². The zero-order valence-electron chi connectivity index (χ0n) is 16.9. The fraction of sp³-hybridized carbons (Fsp3) is 0.500. The minimum atomic E-state index is -4.84. The summed E-state index contributed by atoms with van der Waals surface area (Å²) in [7, 11) is 0. The predicted octanol–water partition coefficient (Wildman–Crippen LogP) is 2.07. The van der Waals surface area contributed by atoms with Crippen LogP contribution in [0.1, 0.15) is 12.8 Å². The number of carboxylic acid groups (broad SMARTS) is 1. The Morgan fingerprint density at radius 1 is 1.21 bits per heavy atom. The molecule has 0 saturated carbocycles. The van der Waals surface area contributed by atoms with Crippen molar-refractivity contribution in [3.63, 3.8) is 0 Å². The van der Waals surface area contributed by atoms with Crippen LogP contribution in [-0.4, -0.2) is 72.7 Å². The summed E-state index contributed by atoms with van der Waals surface area (Å²) in [6, 6.07) is 1.82. The second-order valence-corrected chi connectivity index (χ2v) is 7.17. The van der Waals surface area contributed by atoms with Gasteiger partial charge in [0.15, 0.2) is 6.61 Å². The van der Waals surface area contributed by atoms with E-state index in [4.69, 9.17) is 16.3 Å². The zero-order chi connectivity index (χ0) is 24.6. The van der Waals surface area contributed by atoms with E-state index < -0.39 is 62.0 Å². The largest absolute Gasteiger partial charge is 0.522 e. The average Bonchev–Trinajstić information content (AvgIpc) is 2.73. The van der Waals surface area contributed by atoms with E-state index in [1.54, 1.807) is 0 Å². The molecule has 1 fully saturated rings. The molecule has 3 N–H and O–H groups in total. The molecule has 0 radical (unpaired) electrons. The summed E-state index contributed by atoms with van der Waals surface area (Å²) in [6.07, 6.45) is -6.05. The van der Waals surface area contributed by atoms with E-state index in [0.29, 0.717) is 0 Å². The Morgan fingerprint density at radius 2 is 1.94 bits per heavy atom. The lowest BCUT2D eigenvalue weighted by molar-refractivity contribution is -0.327. The van der Waals surface area contributed by atoms with Gasteiger partial charge in [-0.2, -0.15) is 0 Å². The van der Waals surface area contributed by atoms with Gasteiger partial charge in [-0.3, -0.25) is 24.1 Å². The number of carbonyl (C=O) groups is 3. The highest BCUT2D eigenvalue weighted by atomic mass is 35.5. The molecular formula is C18H20ClF4N3O7. The quantitative estimate of drug-likeness (QED) is 0.268. The second kappa shape index (κ2) is 11.9. The van der Waals surface area contributed by atoms with Crippen LogP contribution in [0, 0.1) is 5.82 Å². The van der Waals surface area contributed by atoms with Crippen LogP contribution in [0.25, 0.3) is 0 Å². The van der Waals surface area contributed by atoms with Crippen LogP contribution in [0.5, 0.6) is 5.75 Å². The number of carbonyl (C=O) groups excluding carboxylic acids is 2. The van der Waals surface area contributed by atoms with E-state index in [9.17, 15) is 37.1 Å². The van der Waals surface area contributed by atoms with Gasteiger partial charge in [-0.05, 0) is 25.0 Å². The van der Waals surface area contributed by atoms with E-state index in [1.165, 1.54) is 12.1 Å². The van der Waals surface area contributed by atoms with Crippen molar-refractivity contribution in [1.29, 1.82) is 0 Å². The topological polar surface area (TPSA) is 126 Å². The molecule has 15 heteroatoms. The number of hydroxylamine groups is 1. The monoisotopic (exact) mass is 501 g/mol. The number of amides is 3. The fourth-order valence-corrected chi connectivity index (χ4v) is 3.06. The smallest absolute Gasteiger partial charge is 0.484 e. The first kappa shape index (κ1) is 26.4. The maximum absolute atomic E-state index is 13.4. The number of nitrogens with one attached hydrogen (secondary N) is 2. The maximum Gasteiger partial charge on any atom is 0.522 e. The lowest BCUT2D eigenvalue weighted by Crippen LogP contribution is -2.58. The Balaban J connectivity index is 1.79. The molecule has 0 bridgehead atoms. The van der Waals surface area contributed by atoms with E-state index >= 15 is 0 Å². The van der Waals surface area contributed by atoms with Gasteiger partial charge < -0.3 is 15.2 Å². The maximum atomic E-state index is 13.4. The molecule has 2 rings (SSSR count). The van der Waals surface area contributed by atoms with Crippen LogP contribution in [0.3, 0.4) is 0 Å². The molecule has 184 valence electrons. The molecule has 2 atom stereocenters. The van der Waals surface area contributed by atoms with Crippen molar-refractivity contribution >= 4 is 29.5 Å². The molecule has 0 aromatic heterocycles. The number of piperidine rings is 1. The summed E-state index contributed by atoms with van der Waals surface area (Å²) in [5.74, 6) is -2.13. The van der Waals surface area contributed by atoms with E-state index in [1.807, 2.05) is 5.48 Å². The Bertz CT molecular complexity index is 859. The number of benzene rings is 1. The Morgan fingerprint density at radius 3 is 2.58 bits per heavy atom. The first-order valence-corrected chi connectivity index (χ1v) is 9.83. The summed E-state index contributed by atoms with van der Waals surface area (Å²) in [6.45, 7) is -2.18. The molecule has 1 aliphatic rings. The lowest BCUT2D eigenvalue weighted by atomic mass is 9.98. The molecule has 0 unspecified atom stereocenters. The Hall–Kier alpha value is -2.84. The molecule has 0 spiro atoms. The molecule has 1 saturated heterocycles. The van der Waals surface area contributed by atoms with E-state index in [0.717, 1.165) is 11.0 Å². The summed E-state index contributed by atoms with van der Waals surface area (Å²) < 4.78 is 57.6. The van der Waals surface area contributed by atoms with Gasteiger partial charge in [-0.1, -0.05) is 11.6 Å². The third-order valence-electron chi connectivity index (χ3n) is 4.38. The number of hydrogen-bond donors (Lipinski definition) is 3. The number of rotatable bonds is 9. The average molecular weight is 502 g/mol. The highest BCUT2D eigenvalue weighted by Gasteiger charge is 2.37. The molecule has 10 nitrogen and oxygen atoms in total. The van der Waals surface area contributed by atoms with Gasteiger partial charge in [0.25, 0.3) is 11.8 Å². The number of nitrogens with zero attached hydrogens (tertiary/aromatic N) is 1. The van der Waals surface area contributed by atoms with Gasteiger partial charge in [0.2, 0.25) is 0 Å². The highest BCUT2D eigenvalue weighted by molar-refractivity contribution is 6.30. The Kier molecular flexibility index (Phi) is 9.49. The molecule has 0 aliphatic carbocycles. The van der Waals surface area contributed by atoms with Crippen LogP contribution in [-0.2, 0) is 19.2 Å². The number of ether oxygens (including phenoxy) is 2. The third-order valence-corrected chi connectivity index (χ3v) is 4.69. The van der Waals surface area contributed by atoms with Crippen LogP contribution in [0.15, 0.2) is 18.2 Å². The normalized spacial score (nSPS) is 18.5. The summed E-state index contributed by atoms with van der Waals surface area (Å²) >= 11 is 5.56. The van der Waals surface area contributed by atoms with Crippen molar-refractivity contribution in [2.24, 2.45) is 0 Å². The van der Waals surface area contributed by atoms with Crippen molar-refractivity contribution in [3.05, 3.63) is 29.0 Å². The zero-order valence-corrected chi connectivity index (χ0v) is 17.6. The molecule has 1 heterocycles. The first-order valence-electron chi connectivity index (χ1n) is 9.45. The van der Waals surface area contributed by atoms with Crippen LogP contribution >= 0.6 is 11.6 Å². The summed E-state index contributed by atoms with van der Waals surface area (Å²) in [4.78, 5) is 41.1. The van der Waals surface area contributed by atoms with Crippen molar-refractivity contribution in [2.45, 2.75) is 31.3 Å². The minimum Gasteiger partial charge on any atom is -0.484 e. The van der Waals surface area contributed by atoms with Crippen LogP contribution < -0.4 is 15.5 Å². The van der Waals surface area contributed by atoms with Gasteiger partial charge in [0.05, 0.1) is 18.2 Å². The predicted molar refractivity (Wildman–Crippen MR) is 103 cm³/mol. The van der Waals surface area contributed by atoms with Crippen LogP contribution in [0.4, 0.5) is 22.4 Å². The van der Waals surface area contributed by atoms with Gasteiger partial charge in [0.1, 0.15) is 17.6 Å². The van der Waals surface area contributed by atoms with Crippen molar-refractivity contribution < 1.29 is 51.4 Å². The van der Waals surface area contributed by atoms with Crippen molar-refractivity contribution in [3.8, 4) is 5.75 Å². The second-order valence-electron chi connectivity index (χ2n) is 6.77. The minimum absolute atomic E-state index is 0.00867. The van der Waals surface area contributed by atoms with Gasteiger partial charge in [0, 0.05) is 18.7 Å². The number of halogens is 5. The van der Waals surface area contributed by atoms with Crippen LogP contribution in [0.2, 0.25) is 5.02 Å². The number of alkyl halides is 3. The number of hydrogen-bond acceptors (Lipinski definition) is 6. The standard InChI is InChI=1S/C18H20ClF4N3O7/c19-12-3-2-11(7-13(12)20)31-9-15(27)24-10-1-4-14(26(8-10)17(29)30)16(28)25-33-6-5-32-18(21,22)23/h2-3,7,10,14H,1,4-6,8-9H2,(H,24,27)(H,25,28)(H,29,30)/t10-,14+/m0/s1. The molecular weight excluding hydrogens is 482 g/mol. The third kappa shape index (κ3) is 8.90. The SMILES string of the molecule is O=C(COc1ccc(Cl)c(F)c1)N[C@H]1CC[C@H](C(=O)NOCCOC(F)(F)F)N(C(=O)O)C1. The Labute approximate surface area is 189 Å². The fourth-order valence-electron chi connectivity index (χ4n) is 2.95. The summed E-state index contributed by atoms with van der Waals surface area (Å²) in [5.41, 5.74) is 1.89.